The van der Waals surface area contributed by atoms with E-state index in [1.807, 2.05) is 0 Å². The smallest absolute Gasteiger partial charge is 0.278 e. The van der Waals surface area contributed by atoms with Gasteiger partial charge in [0.25, 0.3) is 11.8 Å². The molecule has 3 rings (SSSR count). The quantitative estimate of drug-likeness (QED) is 0.533. The first-order valence-corrected chi connectivity index (χ1v) is 5.59. The fourth-order valence-electron chi connectivity index (χ4n) is 3.02. The first-order valence-electron chi connectivity index (χ1n) is 5.59. The molecule has 3 aliphatic rings. The van der Waals surface area contributed by atoms with Crippen LogP contribution < -0.4 is 0 Å². The molecule has 0 aromatic carbocycles. The van der Waals surface area contributed by atoms with Crippen LogP contribution in [0.2, 0.25) is 0 Å². The highest BCUT2D eigenvalue weighted by molar-refractivity contribution is 6.01. The molecule has 0 aliphatic carbocycles. The second-order valence-electron chi connectivity index (χ2n) is 4.75. The molecular formula is C10H14N2O4. The number of carbonyl (C=O) groups is 2. The third-order valence-electron chi connectivity index (χ3n) is 3.88. The van der Waals surface area contributed by atoms with Crippen molar-refractivity contribution in [2.45, 2.75) is 37.1 Å². The first-order chi connectivity index (χ1) is 7.50. The Hall–Kier alpha value is -1.14. The van der Waals surface area contributed by atoms with E-state index in [1.165, 1.54) is 0 Å². The van der Waals surface area contributed by atoms with E-state index in [1.54, 1.807) is 0 Å². The Morgan fingerprint density at radius 3 is 1.62 bits per heavy atom. The summed E-state index contributed by atoms with van der Waals surface area (Å²) in [5.41, 5.74) is -3.40. The second-order valence-corrected chi connectivity index (χ2v) is 4.75. The minimum absolute atomic E-state index is 0.268. The minimum Gasteiger partial charge on any atom is -0.363 e. The monoisotopic (exact) mass is 226 g/mol. The number of hydrogen-bond donors (Lipinski definition) is 2. The van der Waals surface area contributed by atoms with Crippen molar-refractivity contribution in [2.75, 3.05) is 13.1 Å². The number of fused-ring (bicyclic) bond motifs is 2. The van der Waals surface area contributed by atoms with Crippen molar-refractivity contribution in [3.63, 3.8) is 0 Å². The summed E-state index contributed by atoms with van der Waals surface area (Å²) < 4.78 is 0. The zero-order valence-corrected chi connectivity index (χ0v) is 8.85. The van der Waals surface area contributed by atoms with Crippen LogP contribution in [0, 0.1) is 0 Å². The third-order valence-corrected chi connectivity index (χ3v) is 3.88. The van der Waals surface area contributed by atoms with Crippen LogP contribution in [-0.4, -0.2) is 56.4 Å². The summed E-state index contributed by atoms with van der Waals surface area (Å²) in [5, 5.41) is 20.4. The Morgan fingerprint density at radius 2 is 1.25 bits per heavy atom. The van der Waals surface area contributed by atoms with Gasteiger partial charge in [-0.2, -0.15) is 0 Å². The van der Waals surface area contributed by atoms with E-state index in [9.17, 15) is 19.8 Å². The van der Waals surface area contributed by atoms with E-state index in [-0.39, 0.29) is 12.8 Å². The van der Waals surface area contributed by atoms with Gasteiger partial charge in [0.1, 0.15) is 0 Å². The molecule has 3 aliphatic heterocycles. The van der Waals surface area contributed by atoms with Gasteiger partial charge in [-0.15, -0.1) is 0 Å². The Bertz CT molecular complexity index is 349. The summed E-state index contributed by atoms with van der Waals surface area (Å²) in [6.07, 6.45) is 1.73. The zero-order chi connectivity index (χ0) is 11.6. The van der Waals surface area contributed by atoms with E-state index in [4.69, 9.17) is 0 Å². The zero-order valence-electron chi connectivity index (χ0n) is 8.85. The van der Waals surface area contributed by atoms with Crippen molar-refractivity contribution in [2.24, 2.45) is 0 Å². The Balaban J connectivity index is 2.09. The molecule has 0 unspecified atom stereocenters. The van der Waals surface area contributed by atoms with Crippen LogP contribution in [-0.2, 0) is 9.59 Å². The molecule has 2 amide bonds. The second kappa shape index (κ2) is 2.75. The largest absolute Gasteiger partial charge is 0.363 e. The molecule has 3 fully saturated rings. The van der Waals surface area contributed by atoms with E-state index >= 15 is 0 Å². The molecule has 0 spiro atoms. The van der Waals surface area contributed by atoms with Crippen molar-refractivity contribution in [1.82, 2.24) is 9.80 Å². The highest BCUT2D eigenvalue weighted by Gasteiger charge is 2.64. The number of amides is 2. The fourth-order valence-corrected chi connectivity index (χ4v) is 3.02. The highest BCUT2D eigenvalue weighted by atomic mass is 16.4. The topological polar surface area (TPSA) is 81.1 Å². The maximum atomic E-state index is 12.1. The summed E-state index contributed by atoms with van der Waals surface area (Å²) >= 11 is 0. The molecule has 6 heteroatoms. The van der Waals surface area contributed by atoms with Gasteiger partial charge >= 0.3 is 0 Å². The van der Waals surface area contributed by atoms with E-state index < -0.39 is 23.3 Å². The molecule has 2 N–H and O–H groups in total. The number of aliphatic hydroxyl groups is 2. The first kappa shape index (κ1) is 10.0. The van der Waals surface area contributed by atoms with Gasteiger partial charge in [-0.25, -0.2) is 0 Å². The molecule has 0 aromatic rings. The minimum atomic E-state index is -1.70. The van der Waals surface area contributed by atoms with Crippen LogP contribution in [0.5, 0.6) is 0 Å². The van der Waals surface area contributed by atoms with Crippen LogP contribution in [0.3, 0.4) is 0 Å². The van der Waals surface area contributed by atoms with Crippen LogP contribution in [0.25, 0.3) is 0 Å². The van der Waals surface area contributed by atoms with Gasteiger partial charge in [-0.3, -0.25) is 9.59 Å². The molecule has 2 atom stereocenters. The Morgan fingerprint density at radius 1 is 0.875 bits per heavy atom. The maximum absolute atomic E-state index is 12.1. The fraction of sp³-hybridized carbons (Fsp3) is 0.800. The Labute approximate surface area is 92.4 Å². The molecule has 3 heterocycles. The summed E-state index contributed by atoms with van der Waals surface area (Å²) in [4.78, 5) is 26.4. The lowest BCUT2D eigenvalue weighted by Crippen LogP contribution is -2.73. The molecule has 16 heavy (non-hydrogen) atoms. The molecule has 0 aromatic heterocycles. The summed E-state index contributed by atoms with van der Waals surface area (Å²) in [6, 6.07) is 0. The van der Waals surface area contributed by atoms with Crippen molar-refractivity contribution < 1.29 is 19.8 Å². The predicted molar refractivity (Wildman–Crippen MR) is 51.8 cm³/mol. The molecule has 0 radical (unpaired) electrons. The van der Waals surface area contributed by atoms with Gasteiger partial charge in [0, 0.05) is 25.9 Å². The van der Waals surface area contributed by atoms with Crippen LogP contribution >= 0.6 is 0 Å². The van der Waals surface area contributed by atoms with Crippen LogP contribution in [0.4, 0.5) is 0 Å². The van der Waals surface area contributed by atoms with Crippen molar-refractivity contribution in [1.29, 1.82) is 0 Å². The van der Waals surface area contributed by atoms with Gasteiger partial charge in [-0.05, 0) is 12.8 Å². The predicted octanol–water partition coefficient (Wildman–Crippen LogP) is -1.38. The number of nitrogens with zero attached hydrogens (tertiary/aromatic N) is 2. The van der Waals surface area contributed by atoms with Crippen molar-refractivity contribution in [3.05, 3.63) is 0 Å². The molecule has 3 saturated heterocycles. The highest BCUT2D eigenvalue weighted by Crippen LogP contribution is 2.42. The normalized spacial score (nSPS) is 42.6. The van der Waals surface area contributed by atoms with E-state index in [0.717, 1.165) is 9.80 Å². The molecule has 0 saturated carbocycles. The summed E-state index contributed by atoms with van der Waals surface area (Å²) in [5.74, 6) is -1.05. The lowest BCUT2D eigenvalue weighted by Gasteiger charge is -2.47. The molecule has 0 bridgehead atoms. The van der Waals surface area contributed by atoms with Gasteiger partial charge in [0.2, 0.25) is 11.4 Å². The van der Waals surface area contributed by atoms with Gasteiger partial charge in [-0.1, -0.05) is 0 Å². The number of hydrogen-bond acceptors (Lipinski definition) is 4. The summed E-state index contributed by atoms with van der Waals surface area (Å²) in [6.45, 7) is 0.689. The van der Waals surface area contributed by atoms with Crippen LogP contribution in [0.15, 0.2) is 0 Å². The molecular weight excluding hydrogens is 212 g/mol. The van der Waals surface area contributed by atoms with Crippen molar-refractivity contribution in [3.8, 4) is 0 Å². The lowest BCUT2D eigenvalue weighted by molar-refractivity contribution is -0.221. The van der Waals surface area contributed by atoms with Gasteiger partial charge in [0.15, 0.2) is 0 Å². The van der Waals surface area contributed by atoms with E-state index in [2.05, 4.69) is 0 Å². The lowest BCUT2D eigenvalue weighted by atomic mass is 10.00. The molecule has 88 valence electrons. The Kier molecular flexibility index (Phi) is 1.73. The number of rotatable bonds is 0. The average Bonchev–Trinajstić information content (AvgIpc) is 2.81. The maximum Gasteiger partial charge on any atom is 0.278 e. The number of piperazine rings is 1. The van der Waals surface area contributed by atoms with Gasteiger partial charge in [0.05, 0.1) is 0 Å². The molecule has 6 nitrogen and oxygen atoms in total. The van der Waals surface area contributed by atoms with Crippen LogP contribution in [0.1, 0.15) is 25.7 Å². The third kappa shape index (κ3) is 0.899. The summed E-state index contributed by atoms with van der Waals surface area (Å²) in [7, 11) is 0. The average molecular weight is 226 g/mol. The van der Waals surface area contributed by atoms with Crippen molar-refractivity contribution >= 4 is 11.8 Å². The standard InChI is InChI=1S/C10H14N2O4/c13-7-9(15)3-1-5-11(9)8(14)10(16)4-2-6-12(7)10/h15-16H,1-6H2/t9-,10-/m0/s1. The van der Waals surface area contributed by atoms with Gasteiger partial charge < -0.3 is 20.0 Å². The number of carbonyl (C=O) groups excluding carboxylic acids is 2. The van der Waals surface area contributed by atoms with E-state index in [0.29, 0.717) is 25.9 Å². The SMILES string of the molecule is O=C1N2CCC[C@]2(O)C(=O)N2CCC[C@]12O.